The van der Waals surface area contributed by atoms with E-state index >= 15 is 0 Å². The van der Waals surface area contributed by atoms with Crippen molar-refractivity contribution in [1.29, 1.82) is 0 Å². The third kappa shape index (κ3) is 5.09. The Morgan fingerprint density at radius 3 is 2.50 bits per heavy atom. The summed E-state index contributed by atoms with van der Waals surface area (Å²) in [6, 6.07) is 0. The van der Waals surface area contributed by atoms with Crippen LogP contribution in [0.5, 0.6) is 0 Å². The Kier molecular flexibility index (Phi) is 7.57. The number of carbonyl (C=O) groups is 1. The molecule has 1 unspecified atom stereocenters. The van der Waals surface area contributed by atoms with E-state index in [0.29, 0.717) is 11.7 Å². The Labute approximate surface area is 113 Å². The monoisotopic (exact) mass is 253 g/mol. The molecule has 0 spiro atoms. The van der Waals surface area contributed by atoms with Crippen LogP contribution in [-0.2, 0) is 4.79 Å². The van der Waals surface area contributed by atoms with E-state index in [2.05, 4.69) is 25.7 Å². The Balaban J connectivity index is 2.47. The molecule has 106 valence electrons. The van der Waals surface area contributed by atoms with Gasteiger partial charge < -0.3 is 4.90 Å². The van der Waals surface area contributed by atoms with Gasteiger partial charge >= 0.3 is 0 Å². The maximum atomic E-state index is 12.1. The highest BCUT2D eigenvalue weighted by atomic mass is 16.1. The lowest BCUT2D eigenvalue weighted by molar-refractivity contribution is -0.123. The van der Waals surface area contributed by atoms with Crippen LogP contribution >= 0.6 is 0 Å². The molecular formula is C16H31NO. The van der Waals surface area contributed by atoms with Gasteiger partial charge in [0, 0.05) is 25.4 Å². The van der Waals surface area contributed by atoms with Crippen LogP contribution in [0.1, 0.15) is 65.7 Å². The molecule has 1 fully saturated rings. The second-order valence-corrected chi connectivity index (χ2v) is 5.80. The summed E-state index contributed by atoms with van der Waals surface area (Å²) in [7, 11) is 0. The summed E-state index contributed by atoms with van der Waals surface area (Å²) in [5.41, 5.74) is 0. The highest BCUT2D eigenvalue weighted by Gasteiger charge is 2.23. The van der Waals surface area contributed by atoms with E-state index in [1.807, 2.05) is 0 Å². The van der Waals surface area contributed by atoms with Crippen LogP contribution < -0.4 is 0 Å². The second-order valence-electron chi connectivity index (χ2n) is 5.80. The summed E-state index contributed by atoms with van der Waals surface area (Å²) in [4.78, 5) is 14.6. The minimum Gasteiger partial charge on any atom is -0.303 e. The van der Waals surface area contributed by atoms with E-state index in [9.17, 15) is 4.79 Å². The second kappa shape index (κ2) is 8.68. The van der Waals surface area contributed by atoms with Gasteiger partial charge in [-0.1, -0.05) is 46.5 Å². The number of hydrogen-bond acceptors (Lipinski definition) is 2. The molecule has 2 heteroatoms. The summed E-state index contributed by atoms with van der Waals surface area (Å²) < 4.78 is 0. The van der Waals surface area contributed by atoms with Crippen molar-refractivity contribution in [2.24, 2.45) is 11.8 Å². The highest BCUT2D eigenvalue weighted by Crippen LogP contribution is 2.21. The number of Topliss-reactive ketones (excluding diaryl/α,β-unsaturated/α-hetero) is 1. The summed E-state index contributed by atoms with van der Waals surface area (Å²) in [6.07, 6.45) is 8.08. The molecule has 18 heavy (non-hydrogen) atoms. The lowest BCUT2D eigenvalue weighted by Gasteiger charge is -2.28. The minimum atomic E-state index is 0.321. The van der Waals surface area contributed by atoms with Crippen LogP contribution in [0.4, 0.5) is 0 Å². The van der Waals surface area contributed by atoms with Crippen LogP contribution in [0.3, 0.4) is 0 Å². The molecule has 1 aliphatic carbocycles. The van der Waals surface area contributed by atoms with Crippen LogP contribution in [0.15, 0.2) is 0 Å². The first-order valence-corrected chi connectivity index (χ1v) is 7.96. The van der Waals surface area contributed by atoms with E-state index in [4.69, 9.17) is 0 Å². The molecule has 0 radical (unpaired) electrons. The van der Waals surface area contributed by atoms with Gasteiger partial charge in [0.05, 0.1) is 0 Å². The fourth-order valence-electron chi connectivity index (χ4n) is 2.98. The zero-order chi connectivity index (χ0) is 13.4. The fraction of sp³-hybridized carbons (Fsp3) is 0.938. The van der Waals surface area contributed by atoms with Gasteiger partial charge in [-0.3, -0.25) is 4.79 Å². The predicted octanol–water partition coefficient (Wildman–Crippen LogP) is 3.89. The normalized spacial score (nSPS) is 21.6. The largest absolute Gasteiger partial charge is 0.303 e. The molecule has 0 aromatic carbocycles. The van der Waals surface area contributed by atoms with Crippen molar-refractivity contribution in [2.75, 3.05) is 19.6 Å². The van der Waals surface area contributed by atoms with Gasteiger partial charge in [-0.25, -0.2) is 0 Å². The average molecular weight is 253 g/mol. The first kappa shape index (κ1) is 15.7. The number of nitrogens with zero attached hydrogens (tertiary/aromatic N) is 1. The molecule has 0 amide bonds. The van der Waals surface area contributed by atoms with Gasteiger partial charge in [0.15, 0.2) is 0 Å². The van der Waals surface area contributed by atoms with Crippen molar-refractivity contribution in [3.63, 3.8) is 0 Å². The van der Waals surface area contributed by atoms with Gasteiger partial charge in [-0.15, -0.1) is 0 Å². The quantitative estimate of drug-likeness (QED) is 0.641. The summed E-state index contributed by atoms with van der Waals surface area (Å²) in [5.74, 6) is 1.64. The Bertz CT molecular complexity index is 235. The molecule has 0 saturated heterocycles. The van der Waals surface area contributed by atoms with E-state index < -0.39 is 0 Å². The van der Waals surface area contributed by atoms with Crippen molar-refractivity contribution in [2.45, 2.75) is 65.7 Å². The summed E-state index contributed by atoms with van der Waals surface area (Å²) >= 11 is 0. The molecule has 1 atom stereocenters. The fourth-order valence-corrected chi connectivity index (χ4v) is 2.98. The number of ketones is 1. The first-order chi connectivity index (χ1) is 8.71. The third-order valence-electron chi connectivity index (χ3n) is 4.53. The lowest BCUT2D eigenvalue weighted by atomic mass is 9.96. The molecule has 0 aromatic heterocycles. The summed E-state index contributed by atoms with van der Waals surface area (Å²) in [5, 5.41) is 0. The van der Waals surface area contributed by atoms with E-state index in [-0.39, 0.29) is 0 Å². The molecule has 0 N–H and O–H groups in total. The maximum Gasteiger partial charge on any atom is 0.137 e. The van der Waals surface area contributed by atoms with Crippen molar-refractivity contribution in [3.8, 4) is 0 Å². The van der Waals surface area contributed by atoms with Crippen molar-refractivity contribution >= 4 is 5.78 Å². The van der Waals surface area contributed by atoms with Crippen molar-refractivity contribution in [1.82, 2.24) is 4.90 Å². The van der Waals surface area contributed by atoms with Gasteiger partial charge in [-0.05, 0) is 25.3 Å². The molecular weight excluding hydrogens is 222 g/mol. The first-order valence-electron chi connectivity index (χ1n) is 7.96. The zero-order valence-corrected chi connectivity index (χ0v) is 12.6. The minimum absolute atomic E-state index is 0.321. The molecule has 1 aliphatic rings. The lowest BCUT2D eigenvalue weighted by Crippen LogP contribution is -2.36. The van der Waals surface area contributed by atoms with E-state index in [0.717, 1.165) is 38.3 Å². The summed E-state index contributed by atoms with van der Waals surface area (Å²) in [6.45, 7) is 10.0. The van der Waals surface area contributed by atoms with Crippen molar-refractivity contribution < 1.29 is 4.79 Å². The van der Waals surface area contributed by atoms with E-state index in [1.54, 1.807) is 0 Å². The molecule has 2 nitrogen and oxygen atoms in total. The Morgan fingerprint density at radius 1 is 1.17 bits per heavy atom. The molecule has 1 rings (SSSR count). The van der Waals surface area contributed by atoms with Gasteiger partial charge in [-0.2, -0.15) is 0 Å². The van der Waals surface area contributed by atoms with E-state index in [1.165, 1.54) is 32.2 Å². The average Bonchev–Trinajstić information content (AvgIpc) is 2.59. The third-order valence-corrected chi connectivity index (χ3v) is 4.53. The molecule has 0 aromatic rings. The van der Waals surface area contributed by atoms with Crippen LogP contribution in [0.2, 0.25) is 0 Å². The molecule has 0 heterocycles. The number of rotatable bonds is 7. The van der Waals surface area contributed by atoms with Gasteiger partial charge in [0.2, 0.25) is 0 Å². The predicted molar refractivity (Wildman–Crippen MR) is 77.8 cm³/mol. The number of hydrogen-bond donors (Lipinski definition) is 0. The Hall–Kier alpha value is -0.370. The number of carbonyl (C=O) groups excluding carboxylic acids is 1. The van der Waals surface area contributed by atoms with Crippen LogP contribution in [0.25, 0.3) is 0 Å². The van der Waals surface area contributed by atoms with Gasteiger partial charge in [0.25, 0.3) is 0 Å². The smallest absolute Gasteiger partial charge is 0.137 e. The highest BCUT2D eigenvalue weighted by molar-refractivity contribution is 5.81. The van der Waals surface area contributed by atoms with Gasteiger partial charge in [0.1, 0.15) is 5.78 Å². The standard InChI is InChI=1S/C16H31NO/c1-4-14(5-2)12-17(6-3)13-15-10-8-7-9-11-16(15)18/h14-15H,4-13H2,1-3H3. The molecule has 0 aliphatic heterocycles. The van der Waals surface area contributed by atoms with Crippen LogP contribution in [0, 0.1) is 11.8 Å². The zero-order valence-electron chi connectivity index (χ0n) is 12.6. The topological polar surface area (TPSA) is 20.3 Å². The maximum absolute atomic E-state index is 12.1. The molecule has 0 bridgehead atoms. The van der Waals surface area contributed by atoms with Crippen molar-refractivity contribution in [3.05, 3.63) is 0 Å². The molecule has 1 saturated carbocycles. The Morgan fingerprint density at radius 2 is 1.89 bits per heavy atom. The van der Waals surface area contributed by atoms with Crippen LogP contribution in [-0.4, -0.2) is 30.3 Å². The SMILES string of the molecule is CCC(CC)CN(CC)CC1CCCCCC1=O.